The molecule has 0 spiro atoms. The summed E-state index contributed by atoms with van der Waals surface area (Å²) in [6.45, 7) is 1.30. The van der Waals surface area contributed by atoms with Crippen molar-refractivity contribution in [1.82, 2.24) is 9.47 Å². The zero-order chi connectivity index (χ0) is 21.0. The Morgan fingerprint density at radius 2 is 2.17 bits per heavy atom. The number of nitrogens with one attached hydrogen (secondary N) is 2. The Balaban J connectivity index is 1.57. The van der Waals surface area contributed by atoms with E-state index in [4.69, 9.17) is 16.3 Å². The van der Waals surface area contributed by atoms with E-state index in [1.807, 2.05) is 19.3 Å². The lowest BCUT2D eigenvalue weighted by Gasteiger charge is -2.24. The number of hydrogen-bond donors (Lipinski definition) is 2. The predicted octanol–water partition coefficient (Wildman–Crippen LogP) is 1.50. The van der Waals surface area contributed by atoms with Crippen LogP contribution in [-0.2, 0) is 16.6 Å². The first kappa shape index (κ1) is 21.2. The van der Waals surface area contributed by atoms with Gasteiger partial charge in [0.25, 0.3) is 5.91 Å². The highest BCUT2D eigenvalue weighted by Crippen LogP contribution is 2.27. The first-order chi connectivity index (χ1) is 13.9. The van der Waals surface area contributed by atoms with E-state index in [9.17, 15) is 9.59 Å². The van der Waals surface area contributed by atoms with Crippen molar-refractivity contribution in [3.05, 3.63) is 47.2 Å². The van der Waals surface area contributed by atoms with Crippen LogP contribution >= 0.6 is 11.6 Å². The van der Waals surface area contributed by atoms with Gasteiger partial charge in [-0.2, -0.15) is 0 Å². The van der Waals surface area contributed by atoms with Gasteiger partial charge < -0.3 is 24.4 Å². The molecule has 7 nitrogen and oxygen atoms in total. The fraction of sp³-hybridized carbons (Fsp3) is 0.429. The summed E-state index contributed by atoms with van der Waals surface area (Å²) >= 11 is 6.00. The number of aryl methyl sites for hydroxylation is 1. The van der Waals surface area contributed by atoms with Gasteiger partial charge in [0.2, 0.25) is 5.91 Å². The normalized spacial score (nSPS) is 18.5. The number of amides is 2. The van der Waals surface area contributed by atoms with Crippen molar-refractivity contribution in [2.45, 2.75) is 18.9 Å². The molecule has 1 aromatic carbocycles. The fourth-order valence-corrected chi connectivity index (χ4v) is 4.09. The summed E-state index contributed by atoms with van der Waals surface area (Å²) in [6.07, 6.45) is 4.20. The number of hydrogen-bond acceptors (Lipinski definition) is 3. The van der Waals surface area contributed by atoms with E-state index in [-0.39, 0.29) is 18.4 Å². The summed E-state index contributed by atoms with van der Waals surface area (Å²) < 4.78 is 7.36. The van der Waals surface area contributed by atoms with E-state index in [1.165, 1.54) is 22.6 Å². The van der Waals surface area contributed by atoms with Gasteiger partial charge in [-0.25, -0.2) is 0 Å². The van der Waals surface area contributed by atoms with Crippen molar-refractivity contribution in [3.63, 3.8) is 0 Å². The summed E-state index contributed by atoms with van der Waals surface area (Å²) in [7, 11) is 5.22. The van der Waals surface area contributed by atoms with Crippen LogP contribution in [0.1, 0.15) is 24.6 Å². The average Bonchev–Trinajstić information content (AvgIpc) is 3.30. The molecule has 0 saturated carbocycles. The third kappa shape index (κ3) is 5.10. The largest absolute Gasteiger partial charge is 0.495 e. The van der Waals surface area contributed by atoms with Crippen LogP contribution < -0.4 is 15.0 Å². The van der Waals surface area contributed by atoms with Crippen LogP contribution in [-0.4, -0.2) is 55.1 Å². The van der Waals surface area contributed by atoms with E-state index in [2.05, 4.69) is 16.0 Å². The number of halogens is 1. The van der Waals surface area contributed by atoms with Crippen molar-refractivity contribution in [2.24, 2.45) is 7.05 Å². The number of carbonyl (C=O) groups is 2. The molecule has 1 aromatic heterocycles. The van der Waals surface area contributed by atoms with Gasteiger partial charge >= 0.3 is 0 Å². The second kappa shape index (κ2) is 9.33. The molecule has 2 N–H and O–H groups in total. The van der Waals surface area contributed by atoms with Gasteiger partial charge in [-0.3, -0.25) is 9.59 Å². The minimum Gasteiger partial charge on any atom is -0.495 e. The van der Waals surface area contributed by atoms with Crippen molar-refractivity contribution < 1.29 is 19.2 Å². The summed E-state index contributed by atoms with van der Waals surface area (Å²) in [6, 6.07) is 9.47. The van der Waals surface area contributed by atoms with E-state index >= 15 is 0 Å². The number of rotatable bonds is 7. The minimum absolute atomic E-state index is 0.0311. The lowest BCUT2D eigenvalue weighted by atomic mass is 10.1. The molecule has 1 aliphatic rings. The molecule has 2 aromatic rings. The van der Waals surface area contributed by atoms with E-state index in [0.29, 0.717) is 29.0 Å². The SMILES string of the molecule is COc1ccc(Cl)cc1NC(=O)CN(C)C(=O)C[NH+]1CCC[C@@H]1c1cccn1C. The molecule has 0 radical (unpaired) electrons. The number of benzene rings is 1. The van der Waals surface area contributed by atoms with Crippen LogP contribution in [0.3, 0.4) is 0 Å². The maximum Gasteiger partial charge on any atom is 0.277 e. The number of likely N-dealkylation sites (N-methyl/N-ethyl adjacent to an activating group) is 1. The summed E-state index contributed by atoms with van der Waals surface area (Å²) in [4.78, 5) is 27.9. The molecule has 29 heavy (non-hydrogen) atoms. The molecular formula is C21H28ClN4O3+. The van der Waals surface area contributed by atoms with Crippen LogP contribution in [0, 0.1) is 0 Å². The average molecular weight is 420 g/mol. The summed E-state index contributed by atoms with van der Waals surface area (Å²) in [5.74, 6) is 0.176. The smallest absolute Gasteiger partial charge is 0.277 e. The molecule has 1 saturated heterocycles. The van der Waals surface area contributed by atoms with Crippen LogP contribution in [0.2, 0.25) is 5.02 Å². The highest BCUT2D eigenvalue weighted by Gasteiger charge is 2.33. The van der Waals surface area contributed by atoms with Crippen molar-refractivity contribution in [1.29, 1.82) is 0 Å². The molecule has 156 valence electrons. The molecule has 3 rings (SSSR count). The van der Waals surface area contributed by atoms with Gasteiger partial charge in [-0.1, -0.05) is 11.6 Å². The Bertz CT molecular complexity index is 883. The van der Waals surface area contributed by atoms with Crippen LogP contribution in [0.15, 0.2) is 36.5 Å². The predicted molar refractivity (Wildman–Crippen MR) is 112 cm³/mol. The summed E-state index contributed by atoms with van der Waals surface area (Å²) in [5, 5.41) is 3.26. The lowest BCUT2D eigenvalue weighted by Crippen LogP contribution is -3.11. The van der Waals surface area contributed by atoms with Crippen molar-refractivity contribution in [2.75, 3.05) is 39.1 Å². The van der Waals surface area contributed by atoms with Crippen molar-refractivity contribution >= 4 is 29.1 Å². The molecule has 0 aliphatic carbocycles. The Kier molecular flexibility index (Phi) is 6.82. The molecule has 1 fully saturated rings. The molecule has 2 atom stereocenters. The first-order valence-electron chi connectivity index (χ1n) is 9.72. The monoisotopic (exact) mass is 419 g/mol. The Morgan fingerprint density at radius 1 is 1.38 bits per heavy atom. The molecule has 1 unspecified atom stereocenters. The number of aromatic nitrogens is 1. The third-order valence-electron chi connectivity index (χ3n) is 5.44. The zero-order valence-electron chi connectivity index (χ0n) is 17.1. The van der Waals surface area contributed by atoms with Crippen LogP contribution in [0.4, 0.5) is 5.69 Å². The number of methoxy groups -OCH3 is 1. The molecule has 2 amide bonds. The Labute approximate surface area is 176 Å². The van der Waals surface area contributed by atoms with E-state index < -0.39 is 0 Å². The van der Waals surface area contributed by atoms with E-state index in [0.717, 1.165) is 19.4 Å². The minimum atomic E-state index is -0.295. The molecule has 0 bridgehead atoms. The quantitative estimate of drug-likeness (QED) is 0.714. The van der Waals surface area contributed by atoms with Crippen molar-refractivity contribution in [3.8, 4) is 5.75 Å². The summed E-state index contributed by atoms with van der Waals surface area (Å²) in [5.41, 5.74) is 1.73. The van der Waals surface area contributed by atoms with Gasteiger partial charge in [-0.05, 0) is 30.3 Å². The Hall–Kier alpha value is -2.51. The number of anilines is 1. The number of quaternary nitrogens is 1. The van der Waals surface area contributed by atoms with E-state index in [1.54, 1.807) is 25.2 Å². The second-order valence-corrected chi connectivity index (χ2v) is 7.90. The topological polar surface area (TPSA) is 68.0 Å². The van der Waals surface area contributed by atoms with Gasteiger partial charge in [-0.15, -0.1) is 0 Å². The van der Waals surface area contributed by atoms with Gasteiger partial charge in [0, 0.05) is 38.2 Å². The Morgan fingerprint density at radius 3 is 2.86 bits per heavy atom. The van der Waals surface area contributed by atoms with Crippen LogP contribution in [0.25, 0.3) is 0 Å². The standard InChI is InChI=1S/C21H27ClN4O3/c1-24-10-4-6-17(24)18-7-5-11-26(18)14-21(28)25(2)13-20(27)23-16-12-15(22)8-9-19(16)29-3/h4,6,8-10,12,18H,5,7,11,13-14H2,1-3H3,(H,23,27)/p+1/t18-/m1/s1. The molecule has 2 heterocycles. The second-order valence-electron chi connectivity index (χ2n) is 7.47. The molecule has 1 aliphatic heterocycles. The lowest BCUT2D eigenvalue weighted by molar-refractivity contribution is -0.911. The highest BCUT2D eigenvalue weighted by molar-refractivity contribution is 6.31. The number of ether oxygens (including phenoxy) is 1. The van der Waals surface area contributed by atoms with Crippen LogP contribution in [0.5, 0.6) is 5.75 Å². The maximum absolute atomic E-state index is 12.7. The number of carbonyl (C=O) groups excluding carboxylic acids is 2. The van der Waals surface area contributed by atoms with Gasteiger partial charge in [0.1, 0.15) is 11.8 Å². The fourth-order valence-electron chi connectivity index (χ4n) is 3.92. The molecule has 8 heteroatoms. The molecular weight excluding hydrogens is 392 g/mol. The first-order valence-corrected chi connectivity index (χ1v) is 10.1. The number of likely N-dealkylation sites (tertiary alicyclic amines) is 1. The van der Waals surface area contributed by atoms with Gasteiger partial charge in [0.05, 0.1) is 31.6 Å². The number of nitrogens with zero attached hydrogens (tertiary/aromatic N) is 2. The third-order valence-corrected chi connectivity index (χ3v) is 5.68. The zero-order valence-corrected chi connectivity index (χ0v) is 17.8. The van der Waals surface area contributed by atoms with Gasteiger partial charge in [0.15, 0.2) is 6.54 Å². The maximum atomic E-state index is 12.7. The highest BCUT2D eigenvalue weighted by atomic mass is 35.5.